The molecule has 0 aromatic heterocycles. The maximum Gasteiger partial charge on any atom is 0.231 e. The van der Waals surface area contributed by atoms with Gasteiger partial charge in [0, 0.05) is 16.7 Å². The van der Waals surface area contributed by atoms with Crippen LogP contribution in [-0.2, 0) is 0 Å². The number of hydrogen-bond acceptors (Lipinski definition) is 4. The Morgan fingerprint density at radius 2 is 2.00 bits per heavy atom. The van der Waals surface area contributed by atoms with Crippen LogP contribution in [0.3, 0.4) is 0 Å². The van der Waals surface area contributed by atoms with E-state index in [1.807, 2.05) is 43.4 Å². The number of thioether (sulfide) groups is 1. The van der Waals surface area contributed by atoms with Crippen LogP contribution in [0, 0.1) is 0 Å². The molecule has 0 saturated carbocycles. The molecule has 1 unspecified atom stereocenters. The fourth-order valence-corrected chi connectivity index (χ4v) is 3.60. The molecular weight excluding hydrogens is 306 g/mol. The lowest BCUT2D eigenvalue weighted by Gasteiger charge is -2.17. The standard InChI is InChI=1S/C16H16ClNO2S/c1-18-13(9-21-16-5-3-2-4-12(16)17)11-6-7-14-15(8-11)20-10-19-14/h2-8,13,18H,9-10H2,1H3. The van der Waals surface area contributed by atoms with Crippen LogP contribution in [0.1, 0.15) is 11.6 Å². The van der Waals surface area contributed by atoms with Crippen LogP contribution in [0.2, 0.25) is 5.02 Å². The van der Waals surface area contributed by atoms with Crippen molar-refractivity contribution >= 4 is 23.4 Å². The molecule has 0 radical (unpaired) electrons. The zero-order valence-electron chi connectivity index (χ0n) is 11.6. The smallest absolute Gasteiger partial charge is 0.231 e. The monoisotopic (exact) mass is 321 g/mol. The maximum absolute atomic E-state index is 6.20. The number of fused-ring (bicyclic) bond motifs is 1. The van der Waals surface area contributed by atoms with Crippen molar-refractivity contribution in [2.75, 3.05) is 19.6 Å². The minimum absolute atomic E-state index is 0.223. The molecule has 0 fully saturated rings. The van der Waals surface area contributed by atoms with Crippen molar-refractivity contribution in [2.45, 2.75) is 10.9 Å². The van der Waals surface area contributed by atoms with Crippen LogP contribution in [-0.4, -0.2) is 19.6 Å². The number of nitrogens with one attached hydrogen (secondary N) is 1. The average molecular weight is 322 g/mol. The molecule has 0 spiro atoms. The van der Waals surface area contributed by atoms with Crippen LogP contribution in [0.4, 0.5) is 0 Å². The molecular formula is C16H16ClNO2S. The van der Waals surface area contributed by atoms with Crippen molar-refractivity contribution in [2.24, 2.45) is 0 Å². The van der Waals surface area contributed by atoms with Crippen LogP contribution in [0.5, 0.6) is 11.5 Å². The van der Waals surface area contributed by atoms with Gasteiger partial charge in [-0.05, 0) is 36.9 Å². The molecule has 1 heterocycles. The molecule has 1 aliphatic rings. The van der Waals surface area contributed by atoms with Crippen molar-refractivity contribution in [3.8, 4) is 11.5 Å². The van der Waals surface area contributed by atoms with Crippen LogP contribution in [0.15, 0.2) is 47.4 Å². The summed E-state index contributed by atoms with van der Waals surface area (Å²) in [6.45, 7) is 0.303. The number of halogens is 1. The van der Waals surface area contributed by atoms with Gasteiger partial charge in [0.05, 0.1) is 5.02 Å². The molecule has 1 atom stereocenters. The van der Waals surface area contributed by atoms with Gasteiger partial charge < -0.3 is 14.8 Å². The lowest BCUT2D eigenvalue weighted by molar-refractivity contribution is 0.174. The highest BCUT2D eigenvalue weighted by atomic mass is 35.5. The molecule has 1 aliphatic heterocycles. The predicted octanol–water partition coefficient (Wildman–Crippen LogP) is 4.12. The van der Waals surface area contributed by atoms with Gasteiger partial charge in [0.25, 0.3) is 0 Å². The van der Waals surface area contributed by atoms with Gasteiger partial charge in [-0.1, -0.05) is 29.8 Å². The van der Waals surface area contributed by atoms with E-state index < -0.39 is 0 Å². The molecule has 2 aromatic rings. The fourth-order valence-electron chi connectivity index (χ4n) is 2.21. The Kier molecular flexibility index (Phi) is 4.58. The largest absolute Gasteiger partial charge is 0.454 e. The highest BCUT2D eigenvalue weighted by molar-refractivity contribution is 7.99. The zero-order valence-corrected chi connectivity index (χ0v) is 13.2. The molecule has 3 nitrogen and oxygen atoms in total. The van der Waals surface area contributed by atoms with Crippen molar-refractivity contribution < 1.29 is 9.47 Å². The molecule has 1 N–H and O–H groups in total. The van der Waals surface area contributed by atoms with E-state index in [1.54, 1.807) is 11.8 Å². The molecule has 0 bridgehead atoms. The third kappa shape index (κ3) is 3.28. The van der Waals surface area contributed by atoms with Crippen LogP contribution >= 0.6 is 23.4 Å². The molecule has 0 amide bonds. The van der Waals surface area contributed by atoms with Gasteiger partial charge in [-0.2, -0.15) is 0 Å². The Morgan fingerprint density at radius 1 is 1.19 bits per heavy atom. The van der Waals surface area contributed by atoms with Gasteiger partial charge in [-0.25, -0.2) is 0 Å². The molecule has 110 valence electrons. The Hall–Kier alpha value is -1.36. The number of rotatable bonds is 5. The fraction of sp³-hybridized carbons (Fsp3) is 0.250. The highest BCUT2D eigenvalue weighted by Crippen LogP contribution is 2.36. The van der Waals surface area contributed by atoms with Crippen LogP contribution < -0.4 is 14.8 Å². The van der Waals surface area contributed by atoms with E-state index in [9.17, 15) is 0 Å². The molecule has 0 saturated heterocycles. The molecule has 5 heteroatoms. The van der Waals surface area contributed by atoms with E-state index >= 15 is 0 Å². The van der Waals surface area contributed by atoms with E-state index in [-0.39, 0.29) is 6.04 Å². The molecule has 21 heavy (non-hydrogen) atoms. The summed E-state index contributed by atoms with van der Waals surface area (Å²) in [6, 6.07) is 14.2. The summed E-state index contributed by atoms with van der Waals surface area (Å²) in [6.07, 6.45) is 0. The summed E-state index contributed by atoms with van der Waals surface area (Å²) >= 11 is 7.94. The first-order valence-corrected chi connectivity index (χ1v) is 8.08. The van der Waals surface area contributed by atoms with Gasteiger partial charge in [-0.3, -0.25) is 0 Å². The molecule has 2 aromatic carbocycles. The quantitative estimate of drug-likeness (QED) is 0.839. The topological polar surface area (TPSA) is 30.5 Å². The van der Waals surface area contributed by atoms with Gasteiger partial charge in [0.2, 0.25) is 6.79 Å². The Balaban J connectivity index is 1.72. The van der Waals surface area contributed by atoms with Gasteiger partial charge in [0.1, 0.15) is 0 Å². The summed E-state index contributed by atoms with van der Waals surface area (Å²) in [5.41, 5.74) is 1.18. The van der Waals surface area contributed by atoms with Crippen molar-refractivity contribution in [3.63, 3.8) is 0 Å². The van der Waals surface area contributed by atoms with E-state index in [0.717, 1.165) is 27.2 Å². The normalized spacial score (nSPS) is 14.2. The SMILES string of the molecule is CNC(CSc1ccccc1Cl)c1ccc2c(c1)OCO2. The van der Waals surface area contributed by atoms with Gasteiger partial charge >= 0.3 is 0 Å². The number of ether oxygens (including phenoxy) is 2. The summed E-state index contributed by atoms with van der Waals surface area (Å²) in [5.74, 6) is 2.52. The highest BCUT2D eigenvalue weighted by Gasteiger charge is 2.17. The second-order valence-corrected chi connectivity index (χ2v) is 6.16. The molecule has 3 rings (SSSR count). The first-order valence-electron chi connectivity index (χ1n) is 6.72. The van der Waals surface area contributed by atoms with Crippen molar-refractivity contribution in [1.82, 2.24) is 5.32 Å². The number of hydrogen-bond donors (Lipinski definition) is 1. The van der Waals surface area contributed by atoms with Crippen LogP contribution in [0.25, 0.3) is 0 Å². The van der Waals surface area contributed by atoms with Gasteiger partial charge in [-0.15, -0.1) is 11.8 Å². The van der Waals surface area contributed by atoms with Crippen molar-refractivity contribution in [3.05, 3.63) is 53.1 Å². The summed E-state index contributed by atoms with van der Waals surface area (Å²) in [4.78, 5) is 1.10. The predicted molar refractivity (Wildman–Crippen MR) is 86.5 cm³/mol. The van der Waals surface area contributed by atoms with E-state index in [2.05, 4.69) is 11.4 Å². The Bertz CT molecular complexity index is 635. The Morgan fingerprint density at radius 3 is 2.81 bits per heavy atom. The van der Waals surface area contributed by atoms with Crippen molar-refractivity contribution in [1.29, 1.82) is 0 Å². The minimum atomic E-state index is 0.223. The summed E-state index contributed by atoms with van der Waals surface area (Å²) in [5, 5.41) is 4.13. The first-order chi connectivity index (χ1) is 10.3. The van der Waals surface area contributed by atoms with E-state index in [4.69, 9.17) is 21.1 Å². The second-order valence-electron chi connectivity index (χ2n) is 4.70. The Labute approximate surface area is 133 Å². The maximum atomic E-state index is 6.20. The van der Waals surface area contributed by atoms with E-state index in [0.29, 0.717) is 6.79 Å². The minimum Gasteiger partial charge on any atom is -0.454 e. The average Bonchev–Trinajstić information content (AvgIpc) is 2.97. The molecule has 0 aliphatic carbocycles. The summed E-state index contributed by atoms with van der Waals surface area (Å²) in [7, 11) is 1.96. The van der Waals surface area contributed by atoms with E-state index in [1.165, 1.54) is 5.56 Å². The van der Waals surface area contributed by atoms with Gasteiger partial charge in [0.15, 0.2) is 11.5 Å². The third-order valence-corrected chi connectivity index (χ3v) is 5.00. The zero-order chi connectivity index (χ0) is 14.7. The number of benzene rings is 2. The lowest BCUT2D eigenvalue weighted by Crippen LogP contribution is -2.18. The third-order valence-electron chi connectivity index (χ3n) is 3.39. The first kappa shape index (κ1) is 14.6. The second kappa shape index (κ2) is 6.60. The lowest BCUT2D eigenvalue weighted by atomic mass is 10.1. The summed E-state index contributed by atoms with van der Waals surface area (Å²) < 4.78 is 10.8.